The highest BCUT2D eigenvalue weighted by Crippen LogP contribution is 2.30. The first kappa shape index (κ1) is 14.7. The molecule has 102 valence electrons. The lowest BCUT2D eigenvalue weighted by molar-refractivity contribution is 0.293. The van der Waals surface area contributed by atoms with Crippen LogP contribution >= 0.6 is 39.1 Å². The maximum Gasteiger partial charge on any atom is 0.131 e. The van der Waals surface area contributed by atoms with E-state index in [0.29, 0.717) is 22.0 Å². The topological polar surface area (TPSA) is 27.1 Å². The van der Waals surface area contributed by atoms with E-state index in [0.717, 1.165) is 22.7 Å². The highest BCUT2D eigenvalue weighted by atomic mass is 79.9. The molecule has 1 aromatic heterocycles. The molecule has 3 nitrogen and oxygen atoms in total. The highest BCUT2D eigenvalue weighted by Gasteiger charge is 2.13. The zero-order valence-corrected chi connectivity index (χ0v) is 13.7. The smallest absolute Gasteiger partial charge is 0.131 e. The van der Waals surface area contributed by atoms with Crippen molar-refractivity contribution in [2.24, 2.45) is 7.05 Å². The molecule has 0 spiro atoms. The molecular weight excluding hydrogens is 351 g/mol. The first-order valence-electron chi connectivity index (χ1n) is 5.68. The summed E-state index contributed by atoms with van der Waals surface area (Å²) in [6.45, 7) is 2.23. The van der Waals surface area contributed by atoms with Crippen LogP contribution in [-0.4, -0.2) is 9.78 Å². The summed E-state index contributed by atoms with van der Waals surface area (Å²) in [6.07, 6.45) is 0. The lowest BCUT2D eigenvalue weighted by Gasteiger charge is -2.11. The molecule has 2 aromatic rings. The molecule has 0 aliphatic rings. The average Bonchev–Trinajstić information content (AvgIpc) is 2.61. The van der Waals surface area contributed by atoms with Gasteiger partial charge in [-0.25, -0.2) is 0 Å². The Balaban J connectivity index is 2.21. The molecule has 0 fully saturated rings. The predicted molar refractivity (Wildman–Crippen MR) is 81.4 cm³/mol. The van der Waals surface area contributed by atoms with Crippen molar-refractivity contribution in [3.63, 3.8) is 0 Å². The van der Waals surface area contributed by atoms with Gasteiger partial charge in [0.05, 0.1) is 16.4 Å². The minimum Gasteiger partial charge on any atom is -0.487 e. The van der Waals surface area contributed by atoms with Gasteiger partial charge in [-0.05, 0) is 19.1 Å². The molecule has 2 rings (SSSR count). The zero-order chi connectivity index (χ0) is 14.0. The number of nitrogens with zero attached hydrogens (tertiary/aromatic N) is 2. The number of aryl methyl sites for hydroxylation is 2. The number of rotatable bonds is 4. The fraction of sp³-hybridized carbons (Fsp3) is 0.308. The molecule has 6 heteroatoms. The van der Waals surface area contributed by atoms with Crippen LogP contribution in [0.15, 0.2) is 18.2 Å². The SMILES string of the molecule is Cc1nn(C)c(COc2cccc(Cl)c2CBr)c1Cl. The minimum atomic E-state index is 0.358. The first-order chi connectivity index (χ1) is 9.04. The molecule has 0 bridgehead atoms. The monoisotopic (exact) mass is 362 g/mol. The fourth-order valence-corrected chi connectivity index (χ4v) is 2.97. The molecule has 1 aromatic carbocycles. The number of benzene rings is 1. The van der Waals surface area contributed by atoms with Gasteiger partial charge in [0.2, 0.25) is 0 Å². The molecule has 0 unspecified atom stereocenters. The van der Waals surface area contributed by atoms with Gasteiger partial charge in [-0.3, -0.25) is 4.68 Å². The Bertz CT molecular complexity index is 599. The van der Waals surface area contributed by atoms with Gasteiger partial charge in [0.25, 0.3) is 0 Å². The Morgan fingerprint density at radius 1 is 1.37 bits per heavy atom. The van der Waals surface area contributed by atoms with Crippen LogP contribution in [0.2, 0.25) is 10.0 Å². The molecule has 0 atom stereocenters. The normalized spacial score (nSPS) is 10.8. The molecule has 0 saturated heterocycles. The number of aromatic nitrogens is 2. The summed E-state index contributed by atoms with van der Waals surface area (Å²) < 4.78 is 7.54. The molecule has 0 saturated carbocycles. The van der Waals surface area contributed by atoms with Crippen LogP contribution in [0.3, 0.4) is 0 Å². The molecule has 0 amide bonds. The third kappa shape index (κ3) is 3.07. The van der Waals surface area contributed by atoms with E-state index < -0.39 is 0 Å². The van der Waals surface area contributed by atoms with Crippen LogP contribution in [0.25, 0.3) is 0 Å². The molecule has 19 heavy (non-hydrogen) atoms. The number of hydrogen-bond acceptors (Lipinski definition) is 2. The van der Waals surface area contributed by atoms with E-state index in [9.17, 15) is 0 Å². The van der Waals surface area contributed by atoms with Gasteiger partial charge in [0, 0.05) is 23.0 Å². The van der Waals surface area contributed by atoms with Gasteiger partial charge < -0.3 is 4.74 Å². The molecule has 0 radical (unpaired) electrons. The van der Waals surface area contributed by atoms with E-state index in [4.69, 9.17) is 27.9 Å². The maximum absolute atomic E-state index is 6.19. The Kier molecular flexibility index (Phi) is 4.76. The van der Waals surface area contributed by atoms with Crippen molar-refractivity contribution in [1.82, 2.24) is 9.78 Å². The standard InChI is InChI=1S/C13H13BrCl2N2O/c1-8-13(16)11(18(2)17-8)7-19-12-5-3-4-10(15)9(12)6-14/h3-5H,6-7H2,1-2H3. The van der Waals surface area contributed by atoms with Crippen LogP contribution < -0.4 is 4.74 Å². The summed E-state index contributed by atoms with van der Waals surface area (Å²) in [5.74, 6) is 0.749. The van der Waals surface area contributed by atoms with Crippen molar-refractivity contribution in [3.8, 4) is 5.75 Å². The first-order valence-corrected chi connectivity index (χ1v) is 7.56. The third-order valence-electron chi connectivity index (χ3n) is 2.84. The largest absolute Gasteiger partial charge is 0.487 e. The molecular formula is C13H13BrCl2N2O. The Labute approximate surface area is 130 Å². The van der Waals surface area contributed by atoms with Gasteiger partial charge in [-0.15, -0.1) is 0 Å². The van der Waals surface area contributed by atoms with Gasteiger partial charge in [0.1, 0.15) is 12.4 Å². The Hall–Kier alpha value is -0.710. The average molecular weight is 364 g/mol. The minimum absolute atomic E-state index is 0.358. The van der Waals surface area contributed by atoms with Crippen molar-refractivity contribution >= 4 is 39.1 Å². The van der Waals surface area contributed by atoms with E-state index in [-0.39, 0.29) is 0 Å². The predicted octanol–water partition coefficient (Wildman–Crippen LogP) is 4.51. The summed E-state index contributed by atoms with van der Waals surface area (Å²) in [5, 5.41) is 6.22. The molecule has 1 heterocycles. The van der Waals surface area contributed by atoms with Crippen molar-refractivity contribution in [1.29, 1.82) is 0 Å². The summed E-state index contributed by atoms with van der Waals surface area (Å²) in [4.78, 5) is 0. The van der Waals surface area contributed by atoms with Crippen LogP contribution in [0.5, 0.6) is 5.75 Å². The van der Waals surface area contributed by atoms with E-state index >= 15 is 0 Å². The van der Waals surface area contributed by atoms with E-state index in [1.165, 1.54) is 0 Å². The quantitative estimate of drug-likeness (QED) is 0.747. The number of alkyl halides is 1. The molecule has 0 N–H and O–H groups in total. The maximum atomic E-state index is 6.19. The van der Waals surface area contributed by atoms with Crippen LogP contribution in [0, 0.1) is 6.92 Å². The second-order valence-electron chi connectivity index (χ2n) is 4.11. The molecule has 0 aliphatic carbocycles. The van der Waals surface area contributed by atoms with Crippen LogP contribution in [0.4, 0.5) is 0 Å². The van der Waals surface area contributed by atoms with Crippen molar-refractivity contribution in [3.05, 3.63) is 45.2 Å². The van der Waals surface area contributed by atoms with E-state index in [1.807, 2.05) is 32.2 Å². The van der Waals surface area contributed by atoms with Gasteiger partial charge >= 0.3 is 0 Å². The van der Waals surface area contributed by atoms with E-state index in [1.54, 1.807) is 4.68 Å². The Morgan fingerprint density at radius 3 is 2.68 bits per heavy atom. The van der Waals surface area contributed by atoms with E-state index in [2.05, 4.69) is 21.0 Å². The third-order valence-corrected chi connectivity index (χ3v) is 4.24. The van der Waals surface area contributed by atoms with Gasteiger partial charge in [0.15, 0.2) is 0 Å². The second kappa shape index (κ2) is 6.16. The van der Waals surface area contributed by atoms with Crippen LogP contribution in [-0.2, 0) is 19.0 Å². The lowest BCUT2D eigenvalue weighted by Crippen LogP contribution is -2.04. The van der Waals surface area contributed by atoms with Gasteiger partial charge in [-0.1, -0.05) is 45.2 Å². The summed E-state index contributed by atoms with van der Waals surface area (Å²) in [6, 6.07) is 5.59. The van der Waals surface area contributed by atoms with Crippen molar-refractivity contribution in [2.75, 3.05) is 0 Å². The van der Waals surface area contributed by atoms with Crippen LogP contribution in [0.1, 0.15) is 17.0 Å². The highest BCUT2D eigenvalue weighted by molar-refractivity contribution is 9.08. The van der Waals surface area contributed by atoms with Crippen molar-refractivity contribution < 1.29 is 4.74 Å². The summed E-state index contributed by atoms with van der Waals surface area (Å²) in [5.41, 5.74) is 2.58. The second-order valence-corrected chi connectivity index (χ2v) is 5.45. The number of halogens is 3. The number of ether oxygens (including phenoxy) is 1. The lowest BCUT2D eigenvalue weighted by atomic mass is 10.2. The van der Waals surface area contributed by atoms with Gasteiger partial charge in [-0.2, -0.15) is 5.10 Å². The van der Waals surface area contributed by atoms with Crippen molar-refractivity contribution in [2.45, 2.75) is 18.9 Å². The number of hydrogen-bond donors (Lipinski definition) is 0. The fourth-order valence-electron chi connectivity index (χ4n) is 1.79. The zero-order valence-electron chi connectivity index (χ0n) is 10.6. The molecule has 0 aliphatic heterocycles. The summed E-state index contributed by atoms with van der Waals surface area (Å²) in [7, 11) is 1.85. The summed E-state index contributed by atoms with van der Waals surface area (Å²) >= 11 is 15.7. The Morgan fingerprint density at radius 2 is 2.11 bits per heavy atom.